The summed E-state index contributed by atoms with van der Waals surface area (Å²) in [4.78, 5) is 37.5. The first-order chi connectivity index (χ1) is 12.6. The Labute approximate surface area is 156 Å². The molecule has 0 saturated heterocycles. The molecule has 0 atom stereocenters. The minimum atomic E-state index is -0.221. The Morgan fingerprint density at radius 3 is 2.35 bits per heavy atom. The van der Waals surface area contributed by atoms with E-state index in [4.69, 9.17) is 0 Å². The van der Waals surface area contributed by atoms with Crippen molar-refractivity contribution >= 4 is 40.3 Å². The maximum Gasteiger partial charge on any atom is 0.261 e. The number of nitrogens with one attached hydrogen (secondary N) is 1. The Balaban J connectivity index is 1.60. The Bertz CT molecular complexity index is 841. The maximum atomic E-state index is 12.7. The number of amides is 3. The fourth-order valence-electron chi connectivity index (χ4n) is 2.94. The molecule has 134 valence electrons. The highest BCUT2D eigenvalue weighted by Crippen LogP contribution is 2.29. The molecule has 0 aromatic heterocycles. The summed E-state index contributed by atoms with van der Waals surface area (Å²) >= 11 is 1.64. The van der Waals surface area contributed by atoms with Crippen LogP contribution in [-0.4, -0.2) is 47.2 Å². The van der Waals surface area contributed by atoms with Gasteiger partial charge in [0.15, 0.2) is 0 Å². The number of hydrogen-bond donors (Lipinski definition) is 1. The van der Waals surface area contributed by atoms with Gasteiger partial charge >= 0.3 is 0 Å². The predicted molar refractivity (Wildman–Crippen MR) is 104 cm³/mol. The molecule has 0 bridgehead atoms. The largest absolute Gasteiger partial charge is 0.353 e. The number of imide groups is 1. The molecule has 2 aromatic carbocycles. The minimum absolute atomic E-state index is 0.0558. The van der Waals surface area contributed by atoms with Crippen molar-refractivity contribution in [1.29, 1.82) is 0 Å². The molecule has 1 heterocycles. The number of nitrogens with zero attached hydrogens (tertiary/aromatic N) is 1. The van der Waals surface area contributed by atoms with E-state index in [0.29, 0.717) is 30.0 Å². The number of thioether (sulfide) groups is 1. The Hall–Kier alpha value is -2.60. The molecule has 0 fully saturated rings. The van der Waals surface area contributed by atoms with Gasteiger partial charge in [0.2, 0.25) is 5.91 Å². The quantitative estimate of drug-likeness (QED) is 0.464. The second-order valence-electron chi connectivity index (χ2n) is 5.95. The molecular formula is C20H20N2O3S. The molecule has 3 rings (SSSR count). The lowest BCUT2D eigenvalue weighted by molar-refractivity contribution is -0.118. The molecule has 6 heteroatoms. The van der Waals surface area contributed by atoms with E-state index in [2.05, 4.69) is 5.32 Å². The number of rotatable bonds is 7. The van der Waals surface area contributed by atoms with Crippen LogP contribution in [0.25, 0.3) is 10.8 Å². The Kier molecular flexibility index (Phi) is 5.73. The van der Waals surface area contributed by atoms with E-state index in [1.807, 2.05) is 36.4 Å². The molecule has 0 aliphatic carbocycles. The average molecular weight is 368 g/mol. The van der Waals surface area contributed by atoms with E-state index in [-0.39, 0.29) is 17.7 Å². The van der Waals surface area contributed by atoms with E-state index in [1.54, 1.807) is 23.9 Å². The van der Waals surface area contributed by atoms with Crippen molar-refractivity contribution in [2.75, 3.05) is 24.6 Å². The van der Waals surface area contributed by atoms with Crippen molar-refractivity contribution in [2.45, 2.75) is 6.92 Å². The zero-order chi connectivity index (χ0) is 18.5. The van der Waals surface area contributed by atoms with Crippen LogP contribution in [0.4, 0.5) is 0 Å². The normalized spacial score (nSPS) is 13.7. The maximum absolute atomic E-state index is 12.7. The van der Waals surface area contributed by atoms with Gasteiger partial charge in [-0.2, -0.15) is 11.8 Å². The first kappa shape index (κ1) is 18.2. The first-order valence-corrected chi connectivity index (χ1v) is 9.60. The van der Waals surface area contributed by atoms with Crippen LogP contribution in [0.3, 0.4) is 0 Å². The summed E-state index contributed by atoms with van der Waals surface area (Å²) in [6.45, 7) is 2.38. The average Bonchev–Trinajstić information content (AvgIpc) is 2.63. The standard InChI is InChI=1S/C20H20N2O3S/c1-14(23)21-10-2-3-12-26-13-11-22-19(24)16-8-4-6-15-7-5-9-17(18(15)16)20(22)25/h2-9H,10-13H2,1H3,(H,21,23)/b3-2+. The Morgan fingerprint density at radius 2 is 1.73 bits per heavy atom. The van der Waals surface area contributed by atoms with Crippen LogP contribution in [0.2, 0.25) is 0 Å². The minimum Gasteiger partial charge on any atom is -0.353 e. The van der Waals surface area contributed by atoms with E-state index in [0.717, 1.165) is 16.5 Å². The van der Waals surface area contributed by atoms with Crippen molar-refractivity contribution in [1.82, 2.24) is 10.2 Å². The Morgan fingerprint density at radius 1 is 1.08 bits per heavy atom. The summed E-state index contributed by atoms with van der Waals surface area (Å²) < 4.78 is 0. The molecule has 0 saturated carbocycles. The number of benzene rings is 2. The van der Waals surface area contributed by atoms with Crippen LogP contribution in [-0.2, 0) is 4.79 Å². The van der Waals surface area contributed by atoms with Crippen LogP contribution in [0.5, 0.6) is 0 Å². The third kappa shape index (κ3) is 3.80. The monoisotopic (exact) mass is 368 g/mol. The molecule has 3 amide bonds. The highest BCUT2D eigenvalue weighted by Gasteiger charge is 2.31. The van der Waals surface area contributed by atoms with E-state index < -0.39 is 0 Å². The van der Waals surface area contributed by atoms with Gasteiger partial charge in [0, 0.05) is 48.0 Å². The SMILES string of the molecule is CC(=O)NC/C=C/CSCCN1C(=O)c2cccc3cccc(c23)C1=O. The summed E-state index contributed by atoms with van der Waals surface area (Å²) in [7, 11) is 0. The highest BCUT2D eigenvalue weighted by atomic mass is 32.2. The van der Waals surface area contributed by atoms with Crippen LogP contribution < -0.4 is 5.32 Å². The lowest BCUT2D eigenvalue weighted by Gasteiger charge is -2.27. The lowest BCUT2D eigenvalue weighted by Crippen LogP contribution is -2.41. The first-order valence-electron chi connectivity index (χ1n) is 8.44. The van der Waals surface area contributed by atoms with Crippen LogP contribution in [0.15, 0.2) is 48.6 Å². The third-order valence-electron chi connectivity index (χ3n) is 4.16. The van der Waals surface area contributed by atoms with Crippen LogP contribution >= 0.6 is 11.8 Å². The fraction of sp³-hybridized carbons (Fsp3) is 0.250. The van der Waals surface area contributed by atoms with Crippen LogP contribution in [0.1, 0.15) is 27.6 Å². The van der Waals surface area contributed by atoms with Gasteiger partial charge in [0.1, 0.15) is 0 Å². The van der Waals surface area contributed by atoms with Gasteiger partial charge < -0.3 is 5.32 Å². The third-order valence-corrected chi connectivity index (χ3v) is 5.06. The molecule has 2 aromatic rings. The van der Waals surface area contributed by atoms with Gasteiger partial charge in [-0.15, -0.1) is 0 Å². The van der Waals surface area contributed by atoms with Crippen molar-refractivity contribution in [2.24, 2.45) is 0 Å². The summed E-state index contributed by atoms with van der Waals surface area (Å²) in [6, 6.07) is 11.1. The van der Waals surface area contributed by atoms with Crippen molar-refractivity contribution in [3.8, 4) is 0 Å². The zero-order valence-corrected chi connectivity index (χ0v) is 15.3. The fourth-order valence-corrected chi connectivity index (χ4v) is 3.70. The van der Waals surface area contributed by atoms with Gasteiger partial charge in [-0.3, -0.25) is 19.3 Å². The number of carbonyl (C=O) groups excluding carboxylic acids is 3. The summed E-state index contributed by atoms with van der Waals surface area (Å²) in [5.74, 6) is 0.934. The van der Waals surface area contributed by atoms with Gasteiger partial charge in [-0.1, -0.05) is 36.4 Å². The molecule has 0 radical (unpaired) electrons. The summed E-state index contributed by atoms with van der Waals surface area (Å²) in [5, 5.41) is 4.36. The second-order valence-corrected chi connectivity index (χ2v) is 7.10. The van der Waals surface area contributed by atoms with Gasteiger partial charge in [-0.25, -0.2) is 0 Å². The van der Waals surface area contributed by atoms with Crippen LogP contribution in [0, 0.1) is 0 Å². The smallest absolute Gasteiger partial charge is 0.261 e. The topological polar surface area (TPSA) is 66.5 Å². The molecule has 1 N–H and O–H groups in total. The molecule has 5 nitrogen and oxygen atoms in total. The molecule has 1 aliphatic heterocycles. The van der Waals surface area contributed by atoms with Gasteiger partial charge in [0.25, 0.3) is 11.8 Å². The summed E-state index contributed by atoms with van der Waals surface area (Å²) in [6.07, 6.45) is 3.86. The molecule has 26 heavy (non-hydrogen) atoms. The number of hydrogen-bond acceptors (Lipinski definition) is 4. The zero-order valence-electron chi connectivity index (χ0n) is 14.5. The van der Waals surface area contributed by atoms with E-state index >= 15 is 0 Å². The van der Waals surface area contributed by atoms with Crippen molar-refractivity contribution in [3.63, 3.8) is 0 Å². The molecular weight excluding hydrogens is 348 g/mol. The van der Waals surface area contributed by atoms with E-state index in [1.165, 1.54) is 11.8 Å². The predicted octanol–water partition coefficient (Wildman–Crippen LogP) is 2.86. The molecule has 0 unspecified atom stereocenters. The summed E-state index contributed by atoms with van der Waals surface area (Å²) in [5.41, 5.74) is 1.19. The number of carbonyl (C=O) groups is 3. The lowest BCUT2D eigenvalue weighted by atomic mass is 9.94. The van der Waals surface area contributed by atoms with Crippen molar-refractivity contribution in [3.05, 3.63) is 59.7 Å². The molecule has 1 aliphatic rings. The van der Waals surface area contributed by atoms with Crippen molar-refractivity contribution < 1.29 is 14.4 Å². The molecule has 0 spiro atoms. The van der Waals surface area contributed by atoms with E-state index in [9.17, 15) is 14.4 Å². The van der Waals surface area contributed by atoms with Gasteiger partial charge in [-0.05, 0) is 17.5 Å². The van der Waals surface area contributed by atoms with Gasteiger partial charge in [0.05, 0.1) is 0 Å². The second kappa shape index (κ2) is 8.19. The highest BCUT2D eigenvalue weighted by molar-refractivity contribution is 7.99.